The lowest BCUT2D eigenvalue weighted by molar-refractivity contribution is -0.384. The van der Waals surface area contributed by atoms with Crippen molar-refractivity contribution >= 4 is 28.9 Å². The molecular formula is C13H18N4O6. The third kappa shape index (κ3) is 5.88. The van der Waals surface area contributed by atoms with Gasteiger partial charge in [0.1, 0.15) is 6.04 Å². The van der Waals surface area contributed by atoms with E-state index in [0.29, 0.717) is 6.61 Å². The predicted octanol–water partition coefficient (Wildman–Crippen LogP) is 0.195. The Morgan fingerprint density at radius 3 is 2.74 bits per heavy atom. The number of hydrogen-bond acceptors (Lipinski definition) is 7. The van der Waals surface area contributed by atoms with Crippen molar-refractivity contribution < 1.29 is 24.4 Å². The largest absolute Gasteiger partial charge is 0.480 e. The molecule has 10 nitrogen and oxygen atoms in total. The molecule has 0 bridgehead atoms. The van der Waals surface area contributed by atoms with Crippen LogP contribution in [0.3, 0.4) is 0 Å². The molecule has 0 heterocycles. The van der Waals surface area contributed by atoms with Crippen molar-refractivity contribution in [1.29, 1.82) is 0 Å². The molecule has 23 heavy (non-hydrogen) atoms. The maximum absolute atomic E-state index is 11.9. The molecule has 0 saturated heterocycles. The highest BCUT2D eigenvalue weighted by Crippen LogP contribution is 2.24. The summed E-state index contributed by atoms with van der Waals surface area (Å²) in [4.78, 5) is 33.1. The number of aliphatic carboxylic acids is 1. The van der Waals surface area contributed by atoms with Crippen LogP contribution in [0.1, 0.15) is 6.42 Å². The number of nitrogens with two attached hydrogens (primary N) is 1. The monoisotopic (exact) mass is 326 g/mol. The lowest BCUT2D eigenvalue weighted by atomic mass is 10.2. The number of amides is 1. The van der Waals surface area contributed by atoms with Crippen LogP contribution in [0.2, 0.25) is 0 Å². The molecule has 0 radical (unpaired) electrons. The first-order chi connectivity index (χ1) is 10.8. The minimum absolute atomic E-state index is 0.0604. The lowest BCUT2D eigenvalue weighted by Crippen LogP contribution is -2.41. The molecule has 10 heteroatoms. The van der Waals surface area contributed by atoms with Crippen LogP contribution in [0, 0.1) is 10.1 Å². The van der Waals surface area contributed by atoms with E-state index in [1.165, 1.54) is 19.2 Å². The molecule has 1 rings (SSSR count). The Hall–Kier alpha value is -2.72. The van der Waals surface area contributed by atoms with Crippen LogP contribution in [-0.2, 0) is 14.3 Å². The van der Waals surface area contributed by atoms with E-state index < -0.39 is 22.8 Å². The van der Waals surface area contributed by atoms with Gasteiger partial charge in [-0.1, -0.05) is 0 Å². The third-order valence-electron chi connectivity index (χ3n) is 2.91. The van der Waals surface area contributed by atoms with Crippen molar-refractivity contribution in [3.8, 4) is 0 Å². The number of nitrogens with zero attached hydrogens (tertiary/aromatic N) is 1. The molecule has 0 spiro atoms. The molecule has 0 fully saturated rings. The van der Waals surface area contributed by atoms with E-state index in [0.717, 1.165) is 6.07 Å². The number of nitro groups is 1. The van der Waals surface area contributed by atoms with Crippen LogP contribution in [0.5, 0.6) is 0 Å². The number of hydrogen-bond donors (Lipinski definition) is 4. The highest BCUT2D eigenvalue weighted by Gasteiger charge is 2.21. The molecule has 0 aromatic heterocycles. The van der Waals surface area contributed by atoms with Crippen LogP contribution >= 0.6 is 0 Å². The van der Waals surface area contributed by atoms with Gasteiger partial charge in [0.15, 0.2) is 0 Å². The fourth-order valence-electron chi connectivity index (χ4n) is 1.73. The van der Waals surface area contributed by atoms with Gasteiger partial charge in [0.05, 0.1) is 29.3 Å². The molecule has 1 atom stereocenters. The summed E-state index contributed by atoms with van der Waals surface area (Å²) in [5, 5.41) is 24.8. The molecule has 5 N–H and O–H groups in total. The molecule has 126 valence electrons. The van der Waals surface area contributed by atoms with Gasteiger partial charge < -0.3 is 26.2 Å². The topological polar surface area (TPSA) is 157 Å². The van der Waals surface area contributed by atoms with Crippen LogP contribution in [0.4, 0.5) is 17.1 Å². The van der Waals surface area contributed by atoms with Crippen LogP contribution in [0.15, 0.2) is 18.2 Å². The highest BCUT2D eigenvalue weighted by atomic mass is 16.6. The molecule has 0 aliphatic heterocycles. The molecule has 1 unspecified atom stereocenters. The molecular weight excluding hydrogens is 308 g/mol. The van der Waals surface area contributed by atoms with Crippen LogP contribution < -0.4 is 16.4 Å². The Bertz CT molecular complexity index is 592. The van der Waals surface area contributed by atoms with E-state index >= 15 is 0 Å². The normalized spacial score (nSPS) is 11.7. The van der Waals surface area contributed by atoms with Crippen molar-refractivity contribution in [2.75, 3.05) is 31.3 Å². The maximum atomic E-state index is 11.9. The zero-order valence-corrected chi connectivity index (χ0v) is 12.4. The average Bonchev–Trinajstić information content (AvgIpc) is 2.48. The molecule has 0 aliphatic rings. The number of anilines is 2. The van der Waals surface area contributed by atoms with Crippen LogP contribution in [0.25, 0.3) is 0 Å². The summed E-state index contributed by atoms with van der Waals surface area (Å²) in [5.41, 5.74) is 5.61. The van der Waals surface area contributed by atoms with Gasteiger partial charge in [-0.2, -0.15) is 0 Å². The van der Waals surface area contributed by atoms with E-state index in [-0.39, 0.29) is 30.0 Å². The van der Waals surface area contributed by atoms with Crippen molar-refractivity contribution in [2.24, 2.45) is 0 Å². The Balaban J connectivity index is 2.72. The van der Waals surface area contributed by atoms with Gasteiger partial charge in [0, 0.05) is 25.8 Å². The standard InChI is InChI=1S/C13H18N4O6/c1-23-5-4-15-11(13(19)20)7-12(18)16-10-6-8(17(21)22)2-3-9(10)14/h2-3,6,11,15H,4-5,7,14H2,1H3,(H,16,18)(H,19,20). The number of ether oxygens (including phenoxy) is 1. The van der Waals surface area contributed by atoms with Gasteiger partial charge in [-0.05, 0) is 6.07 Å². The number of nitrogens with one attached hydrogen (secondary N) is 2. The predicted molar refractivity (Wildman–Crippen MR) is 82.1 cm³/mol. The van der Waals surface area contributed by atoms with Crippen LogP contribution in [-0.4, -0.2) is 48.2 Å². The molecule has 1 aromatic carbocycles. The third-order valence-corrected chi connectivity index (χ3v) is 2.91. The SMILES string of the molecule is COCCNC(CC(=O)Nc1cc([N+](=O)[O-])ccc1N)C(=O)O. The van der Waals surface area contributed by atoms with E-state index in [2.05, 4.69) is 10.6 Å². The minimum Gasteiger partial charge on any atom is -0.480 e. The Labute approximate surface area is 131 Å². The van der Waals surface area contributed by atoms with Gasteiger partial charge >= 0.3 is 5.97 Å². The number of non-ortho nitro benzene ring substituents is 1. The Morgan fingerprint density at radius 1 is 1.48 bits per heavy atom. The number of nitro benzene ring substituents is 1. The highest BCUT2D eigenvalue weighted by molar-refractivity contribution is 5.96. The summed E-state index contributed by atoms with van der Waals surface area (Å²) >= 11 is 0. The molecule has 1 amide bonds. The first-order valence-electron chi connectivity index (χ1n) is 6.64. The Morgan fingerprint density at radius 2 is 2.17 bits per heavy atom. The van der Waals surface area contributed by atoms with Gasteiger partial charge in [-0.15, -0.1) is 0 Å². The summed E-state index contributed by atoms with van der Waals surface area (Å²) in [7, 11) is 1.47. The smallest absolute Gasteiger partial charge is 0.321 e. The first kappa shape index (κ1) is 18.3. The average molecular weight is 326 g/mol. The molecule has 0 aliphatic carbocycles. The van der Waals surface area contributed by atoms with Gasteiger partial charge in [0.2, 0.25) is 5.91 Å². The fourth-order valence-corrected chi connectivity index (χ4v) is 1.73. The number of carboxylic acid groups (broad SMARTS) is 1. The minimum atomic E-state index is -1.19. The summed E-state index contributed by atoms with van der Waals surface area (Å²) in [5.74, 6) is -1.82. The second kappa shape index (κ2) is 8.66. The molecule has 1 aromatic rings. The van der Waals surface area contributed by atoms with E-state index in [9.17, 15) is 19.7 Å². The van der Waals surface area contributed by atoms with Crippen molar-refractivity contribution in [1.82, 2.24) is 5.32 Å². The second-order valence-corrected chi connectivity index (χ2v) is 4.62. The second-order valence-electron chi connectivity index (χ2n) is 4.62. The number of nitrogen functional groups attached to an aromatic ring is 1. The lowest BCUT2D eigenvalue weighted by Gasteiger charge is -2.14. The Kier molecular flexibility index (Phi) is 6.90. The number of rotatable bonds is 9. The number of carboxylic acids is 1. The van der Waals surface area contributed by atoms with Crippen molar-refractivity contribution in [2.45, 2.75) is 12.5 Å². The van der Waals surface area contributed by atoms with E-state index in [1.807, 2.05) is 0 Å². The summed E-state index contributed by atoms with van der Waals surface area (Å²) < 4.78 is 4.79. The number of carbonyl (C=O) groups excluding carboxylic acids is 1. The summed E-state index contributed by atoms with van der Waals surface area (Å²) in [6.07, 6.45) is -0.360. The number of carbonyl (C=O) groups is 2. The molecule has 0 saturated carbocycles. The fraction of sp³-hybridized carbons (Fsp3) is 0.385. The van der Waals surface area contributed by atoms with E-state index in [4.69, 9.17) is 15.6 Å². The van der Waals surface area contributed by atoms with Gasteiger partial charge in [0.25, 0.3) is 5.69 Å². The summed E-state index contributed by atoms with van der Waals surface area (Å²) in [6, 6.07) is 2.50. The van der Waals surface area contributed by atoms with E-state index in [1.54, 1.807) is 0 Å². The summed E-state index contributed by atoms with van der Waals surface area (Å²) in [6.45, 7) is 0.558. The van der Waals surface area contributed by atoms with Crippen molar-refractivity contribution in [3.63, 3.8) is 0 Å². The van der Waals surface area contributed by atoms with Gasteiger partial charge in [-0.25, -0.2) is 0 Å². The zero-order chi connectivity index (χ0) is 17.4. The quantitative estimate of drug-likeness (QED) is 0.217. The first-order valence-corrected chi connectivity index (χ1v) is 6.64. The van der Waals surface area contributed by atoms with Crippen molar-refractivity contribution in [3.05, 3.63) is 28.3 Å². The number of methoxy groups -OCH3 is 1. The zero-order valence-electron chi connectivity index (χ0n) is 12.4. The van der Waals surface area contributed by atoms with Gasteiger partial charge in [-0.3, -0.25) is 19.7 Å². The maximum Gasteiger partial charge on any atom is 0.321 e. The number of benzene rings is 1.